The number of hydrogen-bond donors (Lipinski definition) is 1. The lowest BCUT2D eigenvalue weighted by molar-refractivity contribution is -0.150. The fraction of sp³-hybridized carbons (Fsp3) is 0.545. The summed E-state index contributed by atoms with van der Waals surface area (Å²) in [7, 11) is 1.48. The molecule has 3 aliphatic rings. The Labute approximate surface area is 271 Å². The van der Waals surface area contributed by atoms with Crippen molar-refractivity contribution in [1.29, 1.82) is 0 Å². The minimum absolute atomic E-state index is 0.000666. The summed E-state index contributed by atoms with van der Waals surface area (Å²) in [4.78, 5) is 61.4. The molecule has 2 aromatic rings. The summed E-state index contributed by atoms with van der Waals surface area (Å²) in [6.45, 7) is 5.27. The van der Waals surface area contributed by atoms with Crippen LogP contribution in [-0.2, 0) is 25.7 Å². The normalized spacial score (nSPS) is 21.6. The number of rotatable bonds is 11. The Morgan fingerprint density at radius 3 is 2.70 bits per heavy atom. The number of halogens is 2. The summed E-state index contributed by atoms with van der Waals surface area (Å²) < 4.78 is 45.6. The van der Waals surface area contributed by atoms with Crippen molar-refractivity contribution in [3.8, 4) is 5.75 Å². The lowest BCUT2D eigenvalue weighted by atomic mass is 9.85. The fourth-order valence-electron chi connectivity index (χ4n) is 6.30. The number of carbonyl (C=O) groups is 3. The van der Waals surface area contributed by atoms with E-state index in [4.69, 9.17) is 19.0 Å². The molecule has 0 unspecified atom stereocenters. The van der Waals surface area contributed by atoms with Gasteiger partial charge in [-0.1, -0.05) is 37.9 Å². The number of aromatic nitrogens is 1. The van der Waals surface area contributed by atoms with Gasteiger partial charge in [-0.05, 0) is 38.2 Å². The fourth-order valence-corrected chi connectivity index (χ4v) is 6.30. The average Bonchev–Trinajstić information content (AvgIpc) is 3.41. The monoisotopic (exact) mass is 658 g/mol. The van der Waals surface area contributed by atoms with Gasteiger partial charge in [0.25, 0.3) is 11.8 Å². The van der Waals surface area contributed by atoms with Crippen LogP contribution in [0.2, 0.25) is 0 Å². The molecule has 0 radical (unpaired) electrons. The van der Waals surface area contributed by atoms with Crippen molar-refractivity contribution in [3.63, 3.8) is 0 Å². The maximum atomic E-state index is 14.3. The highest BCUT2D eigenvalue weighted by Gasteiger charge is 2.55. The van der Waals surface area contributed by atoms with Gasteiger partial charge in [-0.3, -0.25) is 19.2 Å². The maximum absolute atomic E-state index is 14.3. The molecule has 1 fully saturated rings. The zero-order valence-electron chi connectivity index (χ0n) is 27.0. The smallest absolute Gasteiger partial charge is 0.308 e. The molecule has 47 heavy (non-hydrogen) atoms. The van der Waals surface area contributed by atoms with Gasteiger partial charge in [0.15, 0.2) is 11.3 Å². The first kappa shape index (κ1) is 33.9. The van der Waals surface area contributed by atoms with Crippen LogP contribution in [0.25, 0.3) is 0 Å². The number of pyridine rings is 1. The Bertz CT molecular complexity index is 1630. The highest BCUT2D eigenvalue weighted by molar-refractivity contribution is 5.99. The number of nitrogens with zero attached hydrogens (tertiary/aromatic N) is 3. The van der Waals surface area contributed by atoms with E-state index in [9.17, 15) is 28.0 Å². The molecule has 0 aliphatic carbocycles. The quantitative estimate of drug-likeness (QED) is 0.213. The van der Waals surface area contributed by atoms with Crippen LogP contribution in [0.3, 0.4) is 0 Å². The average molecular weight is 659 g/mol. The van der Waals surface area contributed by atoms with Crippen molar-refractivity contribution in [3.05, 3.63) is 63.1 Å². The van der Waals surface area contributed by atoms with E-state index in [-0.39, 0.29) is 43.2 Å². The molecule has 14 heteroatoms. The molecule has 1 N–H and O–H groups in total. The number of amides is 2. The van der Waals surface area contributed by atoms with Crippen LogP contribution in [0.4, 0.5) is 8.78 Å². The second-order valence-corrected chi connectivity index (χ2v) is 12.7. The van der Waals surface area contributed by atoms with Gasteiger partial charge in [0, 0.05) is 43.4 Å². The third kappa shape index (κ3) is 7.10. The molecular formula is C33H40F2N4O8. The highest BCUT2D eigenvalue weighted by atomic mass is 19.1. The predicted octanol–water partition coefficient (Wildman–Crippen LogP) is 4.45. The van der Waals surface area contributed by atoms with Crippen LogP contribution in [0.5, 0.6) is 5.75 Å². The number of hydrogen-bond acceptors (Lipinski definition) is 9. The molecule has 1 spiro atoms. The number of oxime groups is 1. The number of carbonyl (C=O) groups excluding carboxylic acids is 3. The van der Waals surface area contributed by atoms with Gasteiger partial charge >= 0.3 is 5.97 Å². The number of nitrogens with one attached hydrogen (secondary N) is 1. The highest BCUT2D eigenvalue weighted by Crippen LogP contribution is 2.46. The van der Waals surface area contributed by atoms with Crippen LogP contribution >= 0.6 is 0 Å². The van der Waals surface area contributed by atoms with Crippen LogP contribution in [0.1, 0.15) is 98.2 Å². The molecule has 4 heterocycles. The number of benzene rings is 1. The number of methoxy groups -OCH3 is 1. The Morgan fingerprint density at radius 1 is 1.21 bits per heavy atom. The Morgan fingerprint density at radius 2 is 2.00 bits per heavy atom. The molecule has 1 aromatic carbocycles. The van der Waals surface area contributed by atoms with Crippen LogP contribution < -0.4 is 15.5 Å². The van der Waals surface area contributed by atoms with Gasteiger partial charge in [-0.15, -0.1) is 0 Å². The minimum atomic E-state index is -0.969. The maximum Gasteiger partial charge on any atom is 0.308 e. The van der Waals surface area contributed by atoms with Crippen LogP contribution in [0, 0.1) is 17.6 Å². The van der Waals surface area contributed by atoms with Gasteiger partial charge in [-0.25, -0.2) is 8.78 Å². The van der Waals surface area contributed by atoms with E-state index in [1.807, 2.05) is 6.92 Å². The minimum Gasteiger partial charge on any atom is -0.482 e. The SMILES string of the molecule is COC1=NO[C@@]2(CC[C@H](C)N3C[C@H]2n2cc(C(=O)NCc4ccc(F)cc4F)c(=O)c(OCOC(=O)CCCCC(C)C)c2C3=O)C1. The van der Waals surface area contributed by atoms with E-state index >= 15 is 0 Å². The molecule has 254 valence electrons. The first-order chi connectivity index (χ1) is 22.4. The largest absolute Gasteiger partial charge is 0.482 e. The summed E-state index contributed by atoms with van der Waals surface area (Å²) in [6, 6.07) is 2.08. The van der Waals surface area contributed by atoms with E-state index in [1.54, 1.807) is 4.90 Å². The van der Waals surface area contributed by atoms with Gasteiger partial charge in [0.2, 0.25) is 23.9 Å². The Hall–Kier alpha value is -4.49. The summed E-state index contributed by atoms with van der Waals surface area (Å²) in [5, 5.41) is 6.61. The molecule has 1 aromatic heterocycles. The molecule has 2 bridgehead atoms. The van der Waals surface area contributed by atoms with Crippen molar-refractivity contribution in [2.24, 2.45) is 11.1 Å². The predicted molar refractivity (Wildman–Crippen MR) is 165 cm³/mol. The first-order valence-electron chi connectivity index (χ1n) is 15.8. The van der Waals surface area contributed by atoms with Crippen LogP contribution in [0.15, 0.2) is 34.3 Å². The van der Waals surface area contributed by atoms with E-state index in [0.717, 1.165) is 18.9 Å². The molecule has 2 amide bonds. The molecule has 12 nitrogen and oxygen atoms in total. The van der Waals surface area contributed by atoms with Crippen molar-refractivity contribution in [2.75, 3.05) is 20.4 Å². The van der Waals surface area contributed by atoms with Crippen LogP contribution in [-0.4, -0.2) is 65.2 Å². The van der Waals surface area contributed by atoms with Crippen molar-refractivity contribution in [1.82, 2.24) is 14.8 Å². The topological polar surface area (TPSA) is 138 Å². The van der Waals surface area contributed by atoms with E-state index < -0.39 is 64.6 Å². The standard InChI is InChI=1S/C33H40F2N4O8/c1-19(2)7-5-6-8-27(40)45-18-46-30-28-32(43)38-17-25(33(12-11-20(38)3)14-26(44-4)37-47-33)39(28)16-23(29(30)41)31(42)36-15-21-9-10-22(34)13-24(21)35/h9-10,13,16,19-20,25H,5-8,11-12,14-15,17-18H2,1-4H3,(H,36,42)/t20-,25+,33-/m0/s1. The number of esters is 1. The summed E-state index contributed by atoms with van der Waals surface area (Å²) in [5.74, 6) is -3.14. The third-order valence-corrected chi connectivity index (χ3v) is 9.04. The van der Waals surface area contributed by atoms with Gasteiger partial charge < -0.3 is 33.8 Å². The molecule has 0 saturated carbocycles. The van der Waals surface area contributed by atoms with Gasteiger partial charge in [-0.2, -0.15) is 0 Å². The number of fused-ring (bicyclic) bond motifs is 5. The molecule has 5 rings (SSSR count). The zero-order valence-corrected chi connectivity index (χ0v) is 27.0. The second kappa shape index (κ2) is 14.1. The lowest BCUT2D eigenvalue weighted by Crippen LogP contribution is -2.52. The van der Waals surface area contributed by atoms with Crippen molar-refractivity contribution in [2.45, 2.75) is 89.9 Å². The third-order valence-electron chi connectivity index (χ3n) is 9.04. The van der Waals surface area contributed by atoms with Gasteiger partial charge in [0.1, 0.15) is 17.2 Å². The molecule has 3 atom stereocenters. The second-order valence-electron chi connectivity index (χ2n) is 12.7. The summed E-state index contributed by atoms with van der Waals surface area (Å²) in [5.41, 5.74) is -2.41. The van der Waals surface area contributed by atoms with E-state index in [2.05, 4.69) is 24.3 Å². The van der Waals surface area contributed by atoms with E-state index in [1.165, 1.54) is 23.9 Å². The molecular weight excluding hydrogens is 618 g/mol. The Balaban J connectivity index is 1.49. The Kier molecular flexibility index (Phi) is 10.2. The summed E-state index contributed by atoms with van der Waals surface area (Å²) in [6.07, 6.45) is 5.20. The molecule has 1 saturated heterocycles. The summed E-state index contributed by atoms with van der Waals surface area (Å²) >= 11 is 0. The molecule has 3 aliphatic heterocycles. The van der Waals surface area contributed by atoms with E-state index in [0.29, 0.717) is 37.1 Å². The lowest BCUT2D eigenvalue weighted by Gasteiger charge is -2.42. The number of unbranched alkanes of at least 4 members (excludes halogenated alkanes) is 1. The number of ether oxygens (including phenoxy) is 3. The van der Waals surface area contributed by atoms with Gasteiger partial charge in [0.05, 0.1) is 19.6 Å². The van der Waals surface area contributed by atoms with Crippen molar-refractivity contribution >= 4 is 23.7 Å². The first-order valence-corrected chi connectivity index (χ1v) is 15.8. The van der Waals surface area contributed by atoms with Crippen molar-refractivity contribution < 1.29 is 42.2 Å². The zero-order chi connectivity index (χ0) is 33.9.